The van der Waals surface area contributed by atoms with Crippen LogP contribution in [0.4, 0.5) is 0 Å². The Morgan fingerprint density at radius 1 is 1.20 bits per heavy atom. The third-order valence-corrected chi connectivity index (χ3v) is 3.01. The number of aliphatic hydroxyl groups is 4. The number of nitrogens with zero attached hydrogens (tertiary/aromatic N) is 1. The molecule has 1 saturated heterocycles. The first-order chi connectivity index (χ1) is 7.11. The van der Waals surface area contributed by atoms with Crippen molar-refractivity contribution in [1.82, 2.24) is 4.90 Å². The Hall–Kier alpha value is -0.200. The highest BCUT2D eigenvalue weighted by Crippen LogP contribution is 2.19. The minimum absolute atomic E-state index is 0.200. The van der Waals surface area contributed by atoms with Gasteiger partial charge in [0.1, 0.15) is 12.2 Å². The van der Waals surface area contributed by atoms with Crippen LogP contribution in [0.1, 0.15) is 19.8 Å². The van der Waals surface area contributed by atoms with Crippen LogP contribution in [-0.2, 0) is 0 Å². The van der Waals surface area contributed by atoms with Crippen LogP contribution in [-0.4, -0.2) is 69.4 Å². The van der Waals surface area contributed by atoms with E-state index in [1.807, 2.05) is 4.90 Å². The summed E-state index contributed by atoms with van der Waals surface area (Å²) in [5, 5.41) is 37.8. The molecule has 4 atom stereocenters. The van der Waals surface area contributed by atoms with Crippen molar-refractivity contribution in [3.05, 3.63) is 0 Å². The minimum Gasteiger partial charge on any atom is -0.395 e. The van der Waals surface area contributed by atoms with Gasteiger partial charge in [0.25, 0.3) is 0 Å². The van der Waals surface area contributed by atoms with Gasteiger partial charge in [0.05, 0.1) is 18.8 Å². The summed E-state index contributed by atoms with van der Waals surface area (Å²) in [7, 11) is 0. The van der Waals surface area contributed by atoms with Gasteiger partial charge in [-0.3, -0.25) is 4.90 Å². The van der Waals surface area contributed by atoms with E-state index in [0.29, 0.717) is 6.54 Å². The number of rotatable bonds is 4. The van der Waals surface area contributed by atoms with Gasteiger partial charge in [-0.1, -0.05) is 13.3 Å². The summed E-state index contributed by atoms with van der Waals surface area (Å²) >= 11 is 0. The van der Waals surface area contributed by atoms with Crippen LogP contribution in [0.3, 0.4) is 0 Å². The summed E-state index contributed by atoms with van der Waals surface area (Å²) in [4.78, 5) is 1.84. The van der Waals surface area contributed by atoms with Crippen LogP contribution in [0, 0.1) is 0 Å². The van der Waals surface area contributed by atoms with E-state index in [0.717, 1.165) is 19.4 Å². The van der Waals surface area contributed by atoms with E-state index in [9.17, 15) is 15.3 Å². The Balaban J connectivity index is 2.60. The van der Waals surface area contributed by atoms with Crippen molar-refractivity contribution in [3.63, 3.8) is 0 Å². The molecule has 1 aliphatic heterocycles. The molecule has 0 saturated carbocycles. The van der Waals surface area contributed by atoms with Crippen LogP contribution >= 0.6 is 0 Å². The molecular weight excluding hydrogens is 198 g/mol. The fourth-order valence-corrected chi connectivity index (χ4v) is 2.00. The first-order valence-electron chi connectivity index (χ1n) is 5.51. The third-order valence-electron chi connectivity index (χ3n) is 3.01. The van der Waals surface area contributed by atoms with Gasteiger partial charge in [0.2, 0.25) is 0 Å². The van der Waals surface area contributed by atoms with Gasteiger partial charge in [-0.2, -0.15) is 0 Å². The Labute approximate surface area is 90.0 Å². The lowest BCUT2D eigenvalue weighted by Crippen LogP contribution is -2.62. The van der Waals surface area contributed by atoms with Gasteiger partial charge in [0.15, 0.2) is 0 Å². The Bertz CT molecular complexity index is 190. The second-order valence-corrected chi connectivity index (χ2v) is 4.15. The molecule has 0 bridgehead atoms. The second kappa shape index (κ2) is 5.77. The average molecular weight is 219 g/mol. The molecule has 0 aromatic carbocycles. The summed E-state index contributed by atoms with van der Waals surface area (Å²) in [6.45, 7) is 2.89. The van der Waals surface area contributed by atoms with Crippen molar-refractivity contribution < 1.29 is 20.4 Å². The molecule has 90 valence electrons. The highest BCUT2D eigenvalue weighted by atomic mass is 16.4. The summed E-state index contributed by atoms with van der Waals surface area (Å²) in [6, 6.07) is -0.463. The molecule has 4 N–H and O–H groups in total. The lowest BCUT2D eigenvalue weighted by molar-refractivity contribution is -0.145. The third kappa shape index (κ3) is 2.89. The van der Waals surface area contributed by atoms with Crippen LogP contribution in [0.2, 0.25) is 0 Å². The van der Waals surface area contributed by atoms with Gasteiger partial charge >= 0.3 is 0 Å². The van der Waals surface area contributed by atoms with E-state index < -0.39 is 24.4 Å². The van der Waals surface area contributed by atoms with E-state index in [4.69, 9.17) is 5.11 Å². The second-order valence-electron chi connectivity index (χ2n) is 4.15. The van der Waals surface area contributed by atoms with Crippen LogP contribution in [0.15, 0.2) is 0 Å². The quantitative estimate of drug-likeness (QED) is 0.465. The van der Waals surface area contributed by atoms with E-state index in [1.54, 1.807) is 0 Å². The van der Waals surface area contributed by atoms with Crippen molar-refractivity contribution in [3.8, 4) is 0 Å². The van der Waals surface area contributed by atoms with Crippen LogP contribution in [0.25, 0.3) is 0 Å². The molecule has 0 aromatic rings. The summed E-state index contributed by atoms with van der Waals surface area (Å²) in [5.41, 5.74) is 0. The zero-order valence-electron chi connectivity index (χ0n) is 9.08. The van der Waals surface area contributed by atoms with Gasteiger partial charge < -0.3 is 20.4 Å². The van der Waals surface area contributed by atoms with Gasteiger partial charge in [0, 0.05) is 6.54 Å². The number of unbranched alkanes of at least 4 members (excludes halogenated alkanes) is 1. The monoisotopic (exact) mass is 219 g/mol. The maximum atomic E-state index is 9.67. The summed E-state index contributed by atoms with van der Waals surface area (Å²) in [5.74, 6) is 0. The SMILES string of the molecule is CCCCN1C[C@@H](O)[C@H](O)[C@H](O)[C@H]1CO. The first-order valence-corrected chi connectivity index (χ1v) is 5.51. The maximum absolute atomic E-state index is 9.67. The molecule has 5 nitrogen and oxygen atoms in total. The predicted octanol–water partition coefficient (Wildman–Crippen LogP) is -1.45. The lowest BCUT2D eigenvalue weighted by atomic mass is 9.94. The number of piperidine rings is 1. The molecule has 0 spiro atoms. The van der Waals surface area contributed by atoms with Crippen LogP contribution in [0.5, 0.6) is 0 Å². The fraction of sp³-hybridized carbons (Fsp3) is 1.00. The van der Waals surface area contributed by atoms with Gasteiger partial charge in [-0.25, -0.2) is 0 Å². The lowest BCUT2D eigenvalue weighted by Gasteiger charge is -2.43. The minimum atomic E-state index is -1.15. The summed E-state index contributed by atoms with van der Waals surface area (Å²) < 4.78 is 0. The molecule has 15 heavy (non-hydrogen) atoms. The number of hydrogen-bond acceptors (Lipinski definition) is 5. The maximum Gasteiger partial charge on any atom is 0.109 e. The average Bonchev–Trinajstić information content (AvgIpc) is 2.23. The molecule has 1 rings (SSSR count). The van der Waals surface area contributed by atoms with Crippen molar-refractivity contribution in [2.75, 3.05) is 19.7 Å². The van der Waals surface area contributed by atoms with Gasteiger partial charge in [-0.15, -0.1) is 0 Å². The number of hydrogen-bond donors (Lipinski definition) is 4. The molecule has 0 aliphatic carbocycles. The van der Waals surface area contributed by atoms with Gasteiger partial charge in [-0.05, 0) is 13.0 Å². The highest BCUT2D eigenvalue weighted by Gasteiger charge is 2.40. The van der Waals surface area contributed by atoms with E-state index in [1.165, 1.54) is 0 Å². The largest absolute Gasteiger partial charge is 0.395 e. The van der Waals surface area contributed by atoms with Crippen molar-refractivity contribution in [2.45, 2.75) is 44.1 Å². The standard InChI is InChI=1S/C10H21NO4/c1-2-3-4-11-5-8(13)10(15)9(14)7(11)6-12/h7-10,12-15H,2-6H2,1H3/t7-,8-,9-,10+/m1/s1. The molecule has 5 heteroatoms. The zero-order valence-corrected chi connectivity index (χ0v) is 9.08. The molecular formula is C10H21NO4. The molecule has 0 unspecified atom stereocenters. The highest BCUT2D eigenvalue weighted by molar-refractivity contribution is 4.93. The molecule has 1 fully saturated rings. The predicted molar refractivity (Wildman–Crippen MR) is 55.4 cm³/mol. The number of β-amino-alcohol motifs (C(OH)–C–C–N with tert-alkyl or cyclic N) is 1. The Morgan fingerprint density at radius 2 is 1.87 bits per heavy atom. The van der Waals surface area contributed by atoms with E-state index in [-0.39, 0.29) is 6.61 Å². The molecule has 1 heterocycles. The molecule has 0 radical (unpaired) electrons. The number of aliphatic hydroxyl groups excluding tert-OH is 4. The molecule has 0 aromatic heterocycles. The number of likely N-dealkylation sites (tertiary alicyclic amines) is 1. The zero-order chi connectivity index (χ0) is 11.4. The molecule has 0 amide bonds. The van der Waals surface area contributed by atoms with Crippen molar-refractivity contribution in [1.29, 1.82) is 0 Å². The topological polar surface area (TPSA) is 84.2 Å². The van der Waals surface area contributed by atoms with E-state index >= 15 is 0 Å². The Morgan fingerprint density at radius 3 is 2.40 bits per heavy atom. The fourth-order valence-electron chi connectivity index (χ4n) is 2.00. The Kier molecular flexibility index (Phi) is 4.95. The normalized spacial score (nSPS) is 38.2. The first kappa shape index (κ1) is 12.9. The summed E-state index contributed by atoms with van der Waals surface area (Å²) in [6.07, 6.45) is -1.19. The van der Waals surface area contributed by atoms with Crippen LogP contribution < -0.4 is 0 Å². The van der Waals surface area contributed by atoms with Crippen molar-refractivity contribution in [2.24, 2.45) is 0 Å². The van der Waals surface area contributed by atoms with E-state index in [2.05, 4.69) is 6.92 Å². The molecule has 1 aliphatic rings. The smallest absolute Gasteiger partial charge is 0.109 e. The van der Waals surface area contributed by atoms with Crippen molar-refractivity contribution >= 4 is 0 Å².